The first-order chi connectivity index (χ1) is 14.0. The molecule has 0 saturated carbocycles. The maximum absolute atomic E-state index is 13.1. The minimum Gasteiger partial charge on any atom is -0.463 e. The van der Waals surface area contributed by atoms with E-state index in [1.165, 1.54) is 23.0 Å². The van der Waals surface area contributed by atoms with E-state index in [-0.39, 0.29) is 18.2 Å². The Morgan fingerprint density at radius 1 is 1.13 bits per heavy atom. The fourth-order valence-electron chi connectivity index (χ4n) is 2.84. The van der Waals surface area contributed by atoms with Crippen LogP contribution in [0.3, 0.4) is 0 Å². The summed E-state index contributed by atoms with van der Waals surface area (Å²) in [6.45, 7) is 3.45. The lowest BCUT2D eigenvalue weighted by molar-refractivity contribution is -0.146. The van der Waals surface area contributed by atoms with Crippen molar-refractivity contribution < 1.29 is 22.7 Å². The van der Waals surface area contributed by atoms with Crippen LogP contribution in [0.1, 0.15) is 25.0 Å². The molecule has 2 aromatic carbocycles. The average Bonchev–Trinajstić information content (AvgIpc) is 3.06. The van der Waals surface area contributed by atoms with E-state index in [1.54, 1.807) is 32.0 Å². The average molecular weight is 457 g/mol. The van der Waals surface area contributed by atoms with Gasteiger partial charge in [0.25, 0.3) is 0 Å². The molecule has 0 saturated heterocycles. The molecule has 3 rings (SSSR count). The molecule has 1 heterocycles. The second-order valence-corrected chi connectivity index (χ2v) is 7.65. The first kappa shape index (κ1) is 22.2. The van der Waals surface area contributed by atoms with E-state index in [4.69, 9.17) is 27.9 Å². The van der Waals surface area contributed by atoms with Crippen LogP contribution in [0.4, 0.5) is 13.2 Å². The normalized spacial score (nSPS) is 11.7. The first-order valence-corrected chi connectivity index (χ1v) is 9.71. The Kier molecular flexibility index (Phi) is 6.43. The van der Waals surface area contributed by atoms with Crippen molar-refractivity contribution in [3.05, 3.63) is 69.8 Å². The van der Waals surface area contributed by atoms with Crippen LogP contribution in [0.25, 0.3) is 16.9 Å². The number of ether oxygens (including phenoxy) is 1. The Morgan fingerprint density at radius 3 is 2.50 bits per heavy atom. The molecule has 0 fully saturated rings. The highest BCUT2D eigenvalue weighted by atomic mass is 35.5. The van der Waals surface area contributed by atoms with E-state index in [9.17, 15) is 18.0 Å². The molecular weight excluding hydrogens is 440 g/mol. The molecule has 0 atom stereocenters. The number of carbonyl (C=O) groups excluding carboxylic acids is 1. The van der Waals surface area contributed by atoms with Crippen molar-refractivity contribution in [2.24, 2.45) is 0 Å². The number of halogens is 5. The van der Waals surface area contributed by atoms with Gasteiger partial charge in [-0.2, -0.15) is 18.3 Å². The van der Waals surface area contributed by atoms with Crippen molar-refractivity contribution in [3.63, 3.8) is 0 Å². The second-order valence-electron chi connectivity index (χ2n) is 6.84. The zero-order chi connectivity index (χ0) is 22.1. The Labute approximate surface area is 181 Å². The number of aromatic nitrogens is 2. The largest absolute Gasteiger partial charge is 0.463 e. The predicted octanol–water partition coefficient (Wildman–Crippen LogP) is 6.36. The number of alkyl halides is 3. The standard InChI is InChI=1S/C21H17Cl2F3N2O2/c1-12(2)30-19(29)9-14-11-28(16-5-3-4-15(10-16)21(24,25)26)27-20(14)13-6-7-17(22)18(23)8-13/h3-8,10-12H,9H2,1-2H3. The minimum absolute atomic E-state index is 0.104. The summed E-state index contributed by atoms with van der Waals surface area (Å²) in [6, 6.07) is 9.60. The molecule has 30 heavy (non-hydrogen) atoms. The fourth-order valence-corrected chi connectivity index (χ4v) is 3.14. The van der Waals surface area contributed by atoms with Gasteiger partial charge in [0, 0.05) is 17.3 Å². The highest BCUT2D eigenvalue weighted by Gasteiger charge is 2.30. The van der Waals surface area contributed by atoms with Crippen LogP contribution in [0, 0.1) is 0 Å². The number of rotatable bonds is 5. The van der Waals surface area contributed by atoms with E-state index in [0.29, 0.717) is 26.9 Å². The van der Waals surface area contributed by atoms with E-state index in [0.717, 1.165) is 12.1 Å². The van der Waals surface area contributed by atoms with Crippen LogP contribution in [-0.4, -0.2) is 21.9 Å². The topological polar surface area (TPSA) is 44.1 Å². The van der Waals surface area contributed by atoms with Crippen molar-refractivity contribution in [2.75, 3.05) is 0 Å². The molecule has 0 aliphatic rings. The molecule has 1 aromatic heterocycles. The predicted molar refractivity (Wildman–Crippen MR) is 109 cm³/mol. The highest BCUT2D eigenvalue weighted by molar-refractivity contribution is 6.42. The molecule has 0 aliphatic carbocycles. The molecule has 3 aromatic rings. The number of nitrogens with zero attached hydrogens (tertiary/aromatic N) is 2. The Morgan fingerprint density at radius 2 is 1.87 bits per heavy atom. The third-order valence-corrected chi connectivity index (χ3v) is 4.86. The van der Waals surface area contributed by atoms with Gasteiger partial charge in [-0.15, -0.1) is 0 Å². The van der Waals surface area contributed by atoms with Gasteiger partial charge >= 0.3 is 12.1 Å². The molecule has 0 radical (unpaired) electrons. The first-order valence-electron chi connectivity index (χ1n) is 8.95. The Balaban J connectivity index is 2.08. The molecule has 9 heteroatoms. The van der Waals surface area contributed by atoms with Gasteiger partial charge in [0.2, 0.25) is 0 Å². The van der Waals surface area contributed by atoms with Crippen molar-refractivity contribution in [1.29, 1.82) is 0 Å². The van der Waals surface area contributed by atoms with E-state index >= 15 is 0 Å². The van der Waals surface area contributed by atoms with E-state index in [2.05, 4.69) is 5.10 Å². The summed E-state index contributed by atoms with van der Waals surface area (Å²) in [5, 5.41) is 5.05. The molecular formula is C21H17Cl2F3N2O2. The SMILES string of the molecule is CC(C)OC(=O)Cc1cn(-c2cccc(C(F)(F)F)c2)nc1-c1ccc(Cl)c(Cl)c1. The summed E-state index contributed by atoms with van der Waals surface area (Å²) in [5.74, 6) is -0.477. The van der Waals surface area contributed by atoms with Gasteiger partial charge < -0.3 is 4.74 Å². The summed E-state index contributed by atoms with van der Waals surface area (Å²) < 4.78 is 45.8. The summed E-state index contributed by atoms with van der Waals surface area (Å²) in [4.78, 5) is 12.2. The molecule has 0 bridgehead atoms. The number of esters is 1. The molecule has 4 nitrogen and oxygen atoms in total. The smallest absolute Gasteiger partial charge is 0.416 e. The van der Waals surface area contributed by atoms with Crippen molar-refractivity contribution >= 4 is 29.2 Å². The lowest BCUT2D eigenvalue weighted by Crippen LogP contribution is -2.13. The zero-order valence-corrected chi connectivity index (χ0v) is 17.5. The number of hydrogen-bond donors (Lipinski definition) is 0. The van der Waals surface area contributed by atoms with Gasteiger partial charge in [0.05, 0.1) is 39.5 Å². The molecule has 0 aliphatic heterocycles. The summed E-state index contributed by atoms with van der Waals surface area (Å²) in [5.41, 5.74) is 0.854. The highest BCUT2D eigenvalue weighted by Crippen LogP contribution is 2.33. The van der Waals surface area contributed by atoms with Gasteiger partial charge in [-0.05, 0) is 44.2 Å². The second kappa shape index (κ2) is 8.70. The van der Waals surface area contributed by atoms with Gasteiger partial charge in [-0.25, -0.2) is 4.68 Å². The molecule has 0 spiro atoms. The maximum atomic E-state index is 13.1. The van der Waals surface area contributed by atoms with Gasteiger partial charge in [0.15, 0.2) is 0 Å². The van der Waals surface area contributed by atoms with Gasteiger partial charge in [0.1, 0.15) is 0 Å². The lowest BCUT2D eigenvalue weighted by Gasteiger charge is -2.08. The quantitative estimate of drug-likeness (QED) is 0.419. The monoisotopic (exact) mass is 456 g/mol. The van der Waals surface area contributed by atoms with Crippen molar-refractivity contribution in [1.82, 2.24) is 9.78 Å². The summed E-state index contributed by atoms with van der Waals surface area (Å²) in [7, 11) is 0. The maximum Gasteiger partial charge on any atom is 0.416 e. The number of hydrogen-bond acceptors (Lipinski definition) is 3. The summed E-state index contributed by atoms with van der Waals surface area (Å²) >= 11 is 12.1. The Bertz CT molecular complexity index is 1080. The van der Waals surface area contributed by atoms with Crippen LogP contribution in [0.2, 0.25) is 10.0 Å². The molecule has 158 valence electrons. The van der Waals surface area contributed by atoms with Crippen molar-refractivity contribution in [3.8, 4) is 16.9 Å². The third kappa shape index (κ3) is 5.15. The lowest BCUT2D eigenvalue weighted by atomic mass is 10.1. The zero-order valence-electron chi connectivity index (χ0n) is 16.0. The van der Waals surface area contributed by atoms with E-state index < -0.39 is 17.7 Å². The molecule has 0 unspecified atom stereocenters. The van der Waals surface area contributed by atoms with Gasteiger partial charge in [-0.1, -0.05) is 35.3 Å². The number of benzene rings is 2. The Hall–Kier alpha value is -2.51. The van der Waals surface area contributed by atoms with Crippen LogP contribution < -0.4 is 0 Å². The van der Waals surface area contributed by atoms with Gasteiger partial charge in [-0.3, -0.25) is 4.79 Å². The fraction of sp³-hybridized carbons (Fsp3) is 0.238. The van der Waals surface area contributed by atoms with Crippen LogP contribution >= 0.6 is 23.2 Å². The van der Waals surface area contributed by atoms with Crippen LogP contribution in [0.15, 0.2) is 48.7 Å². The third-order valence-electron chi connectivity index (χ3n) is 4.12. The number of carbonyl (C=O) groups is 1. The summed E-state index contributed by atoms with van der Waals surface area (Å²) in [6.07, 6.45) is -3.38. The van der Waals surface area contributed by atoms with E-state index in [1.807, 2.05) is 0 Å². The molecule has 0 N–H and O–H groups in total. The minimum atomic E-state index is -4.49. The molecule has 0 amide bonds. The van der Waals surface area contributed by atoms with Crippen LogP contribution in [-0.2, 0) is 22.1 Å². The van der Waals surface area contributed by atoms with Crippen molar-refractivity contribution in [2.45, 2.75) is 32.5 Å². The van der Waals surface area contributed by atoms with Crippen LogP contribution in [0.5, 0.6) is 0 Å².